The number of alkyl halides is 4. The van der Waals surface area contributed by atoms with Crippen molar-refractivity contribution >= 4 is 0 Å². The molecule has 2 rings (SSSR count). The van der Waals surface area contributed by atoms with Gasteiger partial charge in [0, 0.05) is 5.57 Å². The molecular formula is C18H26F4O. The summed E-state index contributed by atoms with van der Waals surface area (Å²) in [5, 5.41) is 0. The van der Waals surface area contributed by atoms with Gasteiger partial charge in [0.15, 0.2) is 5.76 Å². The van der Waals surface area contributed by atoms with Crippen molar-refractivity contribution in [2.75, 3.05) is 6.61 Å². The molecule has 1 nitrogen and oxygen atoms in total. The second-order valence-corrected chi connectivity index (χ2v) is 6.71. The first-order chi connectivity index (χ1) is 10.8. The van der Waals surface area contributed by atoms with Crippen LogP contribution in [-0.2, 0) is 4.74 Å². The molecule has 5 heteroatoms. The Hall–Kier alpha value is -1.00. The Balaban J connectivity index is 1.93. The summed E-state index contributed by atoms with van der Waals surface area (Å²) in [5.74, 6) is -8.41. The van der Waals surface area contributed by atoms with Gasteiger partial charge >= 0.3 is 11.8 Å². The lowest BCUT2D eigenvalue weighted by atomic mass is 9.80. The molecule has 0 unspecified atom stereocenters. The molecule has 0 bridgehead atoms. The number of halogens is 4. The van der Waals surface area contributed by atoms with Crippen LogP contribution in [0.3, 0.4) is 0 Å². The highest BCUT2D eigenvalue weighted by Crippen LogP contribution is 2.48. The minimum absolute atomic E-state index is 0.103. The van der Waals surface area contributed by atoms with Gasteiger partial charge in [-0.2, -0.15) is 17.6 Å². The summed E-state index contributed by atoms with van der Waals surface area (Å²) in [4.78, 5) is 0. The molecular weight excluding hydrogens is 308 g/mol. The highest BCUT2D eigenvalue weighted by molar-refractivity contribution is 5.35. The molecule has 2 aliphatic rings. The van der Waals surface area contributed by atoms with E-state index in [-0.39, 0.29) is 18.9 Å². The molecule has 1 fully saturated rings. The molecule has 0 aliphatic heterocycles. The molecule has 0 N–H and O–H groups in total. The van der Waals surface area contributed by atoms with E-state index in [4.69, 9.17) is 4.74 Å². The number of rotatable bonds is 6. The molecule has 0 radical (unpaired) electrons. The summed E-state index contributed by atoms with van der Waals surface area (Å²) in [6.07, 6.45) is 8.35. The first kappa shape index (κ1) is 18.3. The fourth-order valence-corrected chi connectivity index (χ4v) is 3.52. The predicted molar refractivity (Wildman–Crippen MR) is 82.7 cm³/mol. The van der Waals surface area contributed by atoms with Crippen molar-refractivity contribution in [1.82, 2.24) is 0 Å². The maximum atomic E-state index is 14.0. The molecule has 0 saturated heterocycles. The molecule has 0 aromatic carbocycles. The fourth-order valence-electron chi connectivity index (χ4n) is 3.52. The molecule has 0 amide bonds. The van der Waals surface area contributed by atoms with E-state index >= 15 is 0 Å². The Morgan fingerprint density at radius 3 is 2.13 bits per heavy atom. The second kappa shape index (κ2) is 7.27. The van der Waals surface area contributed by atoms with E-state index in [2.05, 4.69) is 6.92 Å². The van der Waals surface area contributed by atoms with Crippen LogP contribution in [0.25, 0.3) is 0 Å². The normalized spacial score (nSPS) is 29.7. The minimum Gasteiger partial charge on any atom is -0.491 e. The van der Waals surface area contributed by atoms with Gasteiger partial charge in [-0.25, -0.2) is 0 Å². The van der Waals surface area contributed by atoms with Gasteiger partial charge in [-0.05, 0) is 37.2 Å². The van der Waals surface area contributed by atoms with Crippen LogP contribution in [0.2, 0.25) is 0 Å². The summed E-state index contributed by atoms with van der Waals surface area (Å²) in [6.45, 7) is 3.71. The van der Waals surface area contributed by atoms with Gasteiger partial charge in [-0.15, -0.1) is 0 Å². The van der Waals surface area contributed by atoms with E-state index in [0.717, 1.165) is 44.3 Å². The minimum atomic E-state index is -4.26. The van der Waals surface area contributed by atoms with Crippen LogP contribution >= 0.6 is 0 Å². The first-order valence-electron chi connectivity index (χ1n) is 8.63. The van der Waals surface area contributed by atoms with E-state index in [9.17, 15) is 17.6 Å². The number of hydrogen-bond donors (Lipinski definition) is 0. The second-order valence-electron chi connectivity index (χ2n) is 6.71. The van der Waals surface area contributed by atoms with E-state index in [1.807, 2.05) is 0 Å². The zero-order valence-electron chi connectivity index (χ0n) is 13.9. The van der Waals surface area contributed by atoms with Gasteiger partial charge < -0.3 is 4.74 Å². The zero-order chi connectivity index (χ0) is 17.1. The Morgan fingerprint density at radius 1 is 0.957 bits per heavy atom. The molecule has 2 aliphatic carbocycles. The molecule has 0 aromatic heterocycles. The van der Waals surface area contributed by atoms with Crippen molar-refractivity contribution in [1.29, 1.82) is 0 Å². The molecule has 0 atom stereocenters. The quantitative estimate of drug-likeness (QED) is 0.532. The van der Waals surface area contributed by atoms with Gasteiger partial charge in [-0.3, -0.25) is 0 Å². The highest BCUT2D eigenvalue weighted by Gasteiger charge is 2.63. The smallest absolute Gasteiger partial charge is 0.369 e. The largest absolute Gasteiger partial charge is 0.491 e. The number of allylic oxidation sites excluding steroid dienone is 4. The third kappa shape index (κ3) is 3.74. The summed E-state index contributed by atoms with van der Waals surface area (Å²) < 4.78 is 60.9. The van der Waals surface area contributed by atoms with Gasteiger partial charge in [0.1, 0.15) is 0 Å². The Morgan fingerprint density at radius 2 is 1.57 bits per heavy atom. The SMILES string of the molecule is CCCC1CCC(COC2=CC=C(CC)C(F)(F)C2(F)F)CC1. The highest BCUT2D eigenvalue weighted by atomic mass is 19.3. The van der Waals surface area contributed by atoms with Crippen molar-refractivity contribution in [2.24, 2.45) is 11.8 Å². The third-order valence-electron chi connectivity index (χ3n) is 5.06. The van der Waals surface area contributed by atoms with Crippen molar-refractivity contribution < 1.29 is 22.3 Å². The summed E-state index contributed by atoms with van der Waals surface area (Å²) in [7, 11) is 0. The van der Waals surface area contributed by atoms with Gasteiger partial charge in [0.05, 0.1) is 6.61 Å². The monoisotopic (exact) mass is 334 g/mol. The topological polar surface area (TPSA) is 9.23 Å². The first-order valence-corrected chi connectivity index (χ1v) is 8.63. The fraction of sp³-hybridized carbons (Fsp3) is 0.778. The lowest BCUT2D eigenvalue weighted by Crippen LogP contribution is -2.46. The Bertz CT molecular complexity index is 460. The summed E-state index contributed by atoms with van der Waals surface area (Å²) >= 11 is 0. The van der Waals surface area contributed by atoms with Gasteiger partial charge in [0.2, 0.25) is 0 Å². The van der Waals surface area contributed by atoms with Crippen LogP contribution < -0.4 is 0 Å². The van der Waals surface area contributed by atoms with Crippen LogP contribution in [0, 0.1) is 11.8 Å². The molecule has 132 valence electrons. The standard InChI is InChI=1S/C18H26F4O/c1-3-5-13-6-8-14(9-7-13)12-23-16-11-10-15(4-2)17(19,20)18(16,21)22/h10-11,13-14H,3-9,12H2,1-2H3. The van der Waals surface area contributed by atoms with Gasteiger partial charge in [0.25, 0.3) is 0 Å². The average Bonchev–Trinajstić information content (AvgIpc) is 2.51. The van der Waals surface area contributed by atoms with Crippen LogP contribution in [0.4, 0.5) is 17.6 Å². The van der Waals surface area contributed by atoms with Crippen LogP contribution in [0.1, 0.15) is 58.8 Å². The van der Waals surface area contributed by atoms with Crippen LogP contribution in [0.5, 0.6) is 0 Å². The van der Waals surface area contributed by atoms with Gasteiger partial charge in [-0.1, -0.05) is 45.6 Å². The Labute approximate surface area is 135 Å². The molecule has 0 spiro atoms. The van der Waals surface area contributed by atoms with E-state index in [0.29, 0.717) is 5.92 Å². The number of ether oxygens (including phenoxy) is 1. The summed E-state index contributed by atoms with van der Waals surface area (Å²) in [6, 6.07) is 0. The van der Waals surface area contributed by atoms with Crippen molar-refractivity contribution in [3.05, 3.63) is 23.5 Å². The summed E-state index contributed by atoms with van der Waals surface area (Å²) in [5.41, 5.74) is -0.546. The van der Waals surface area contributed by atoms with E-state index < -0.39 is 23.2 Å². The van der Waals surface area contributed by atoms with E-state index in [1.165, 1.54) is 13.3 Å². The Kier molecular flexibility index (Phi) is 5.79. The molecule has 1 saturated carbocycles. The number of hydrogen-bond acceptors (Lipinski definition) is 1. The molecule has 0 aromatic rings. The zero-order valence-corrected chi connectivity index (χ0v) is 13.9. The van der Waals surface area contributed by atoms with Crippen LogP contribution in [-0.4, -0.2) is 18.5 Å². The third-order valence-corrected chi connectivity index (χ3v) is 5.06. The predicted octanol–water partition coefficient (Wildman–Crippen LogP) is 6.11. The maximum absolute atomic E-state index is 14.0. The van der Waals surface area contributed by atoms with E-state index in [1.54, 1.807) is 0 Å². The lowest BCUT2D eigenvalue weighted by molar-refractivity contribution is -0.187. The van der Waals surface area contributed by atoms with Crippen molar-refractivity contribution in [2.45, 2.75) is 70.6 Å². The lowest BCUT2D eigenvalue weighted by Gasteiger charge is -2.34. The van der Waals surface area contributed by atoms with Crippen LogP contribution in [0.15, 0.2) is 23.5 Å². The van der Waals surface area contributed by atoms with Crippen molar-refractivity contribution in [3.63, 3.8) is 0 Å². The van der Waals surface area contributed by atoms with Crippen molar-refractivity contribution in [3.8, 4) is 0 Å². The molecule has 0 heterocycles. The molecule has 23 heavy (non-hydrogen) atoms. The average molecular weight is 334 g/mol. The maximum Gasteiger partial charge on any atom is 0.369 e.